The predicted molar refractivity (Wildman–Crippen MR) is 103 cm³/mol. The van der Waals surface area contributed by atoms with Crippen molar-refractivity contribution in [3.05, 3.63) is 58.6 Å². The second-order valence-corrected chi connectivity index (χ2v) is 7.18. The molecule has 1 N–H and O–H groups in total. The number of carbonyl (C=O) groups is 1. The zero-order chi connectivity index (χ0) is 18.6. The number of hydrogen-bond donors (Lipinski definition) is 1. The van der Waals surface area contributed by atoms with Crippen LogP contribution in [0, 0.1) is 0 Å². The van der Waals surface area contributed by atoms with Crippen molar-refractivity contribution in [3.63, 3.8) is 0 Å². The summed E-state index contributed by atoms with van der Waals surface area (Å²) < 4.78 is 10.6. The van der Waals surface area contributed by atoms with Crippen molar-refractivity contribution in [2.75, 3.05) is 20.8 Å². The fourth-order valence-electron chi connectivity index (χ4n) is 3.77. The van der Waals surface area contributed by atoms with E-state index in [1.54, 1.807) is 32.4 Å². The molecule has 3 rings (SSSR count). The monoisotopic (exact) mass is 373 g/mol. The van der Waals surface area contributed by atoms with Gasteiger partial charge in [0.15, 0.2) is 0 Å². The van der Waals surface area contributed by atoms with Gasteiger partial charge in [0, 0.05) is 17.0 Å². The summed E-state index contributed by atoms with van der Waals surface area (Å²) in [6, 6.07) is 13.3. The Labute approximate surface area is 159 Å². The maximum absolute atomic E-state index is 12.7. The molecule has 4 nitrogen and oxygen atoms in total. The van der Waals surface area contributed by atoms with Crippen LogP contribution in [0.5, 0.6) is 11.5 Å². The summed E-state index contributed by atoms with van der Waals surface area (Å²) in [5.74, 6) is 1.20. The number of methoxy groups -OCH3 is 2. The molecule has 2 aromatic rings. The van der Waals surface area contributed by atoms with Crippen LogP contribution in [-0.2, 0) is 5.41 Å². The molecular weight excluding hydrogens is 350 g/mol. The lowest BCUT2D eigenvalue weighted by Crippen LogP contribution is -2.39. The molecule has 0 radical (unpaired) electrons. The summed E-state index contributed by atoms with van der Waals surface area (Å²) in [4.78, 5) is 12.7. The Morgan fingerprint density at radius 1 is 1.08 bits per heavy atom. The van der Waals surface area contributed by atoms with E-state index >= 15 is 0 Å². The normalized spacial score (nSPS) is 15.5. The standard InChI is InChI=1S/C21H24ClNO3/c1-25-17-8-5-15(6-9-17)21(11-3-4-12-21)14-23-20(24)18-13-16(22)7-10-19(18)26-2/h5-10,13H,3-4,11-12,14H2,1-2H3,(H,23,24). The molecular formula is C21H24ClNO3. The summed E-state index contributed by atoms with van der Waals surface area (Å²) in [5.41, 5.74) is 1.67. The van der Waals surface area contributed by atoms with Crippen LogP contribution in [-0.4, -0.2) is 26.7 Å². The first kappa shape index (κ1) is 18.6. The lowest BCUT2D eigenvalue weighted by atomic mass is 9.78. The number of carbonyl (C=O) groups excluding carboxylic acids is 1. The van der Waals surface area contributed by atoms with Gasteiger partial charge in [0.25, 0.3) is 5.91 Å². The van der Waals surface area contributed by atoms with E-state index in [0.29, 0.717) is 22.9 Å². The van der Waals surface area contributed by atoms with Gasteiger partial charge in [-0.05, 0) is 48.7 Å². The van der Waals surface area contributed by atoms with E-state index in [0.717, 1.165) is 18.6 Å². The van der Waals surface area contributed by atoms with Gasteiger partial charge < -0.3 is 14.8 Å². The van der Waals surface area contributed by atoms with E-state index in [1.807, 2.05) is 12.1 Å². The van der Waals surface area contributed by atoms with Crippen LogP contribution in [0.15, 0.2) is 42.5 Å². The van der Waals surface area contributed by atoms with E-state index in [-0.39, 0.29) is 11.3 Å². The molecule has 1 amide bonds. The van der Waals surface area contributed by atoms with Gasteiger partial charge in [0.2, 0.25) is 0 Å². The number of nitrogens with one attached hydrogen (secondary N) is 1. The Kier molecular flexibility index (Phi) is 5.72. The van der Waals surface area contributed by atoms with Crippen LogP contribution in [0.1, 0.15) is 41.6 Å². The molecule has 1 aliphatic carbocycles. The Balaban J connectivity index is 1.79. The molecule has 0 atom stereocenters. The van der Waals surface area contributed by atoms with Gasteiger partial charge in [0.1, 0.15) is 11.5 Å². The first-order chi connectivity index (χ1) is 12.6. The van der Waals surface area contributed by atoms with Gasteiger partial charge in [-0.3, -0.25) is 4.79 Å². The first-order valence-corrected chi connectivity index (χ1v) is 9.22. The Morgan fingerprint density at radius 2 is 1.77 bits per heavy atom. The van der Waals surface area contributed by atoms with Gasteiger partial charge in [-0.2, -0.15) is 0 Å². The number of halogens is 1. The second kappa shape index (κ2) is 8.00. The number of amides is 1. The molecule has 1 fully saturated rings. The minimum absolute atomic E-state index is 0.0340. The highest BCUT2D eigenvalue weighted by Crippen LogP contribution is 2.41. The summed E-state index contributed by atoms with van der Waals surface area (Å²) in [6.07, 6.45) is 4.46. The lowest BCUT2D eigenvalue weighted by Gasteiger charge is -2.30. The molecule has 0 unspecified atom stereocenters. The highest BCUT2D eigenvalue weighted by molar-refractivity contribution is 6.31. The highest BCUT2D eigenvalue weighted by atomic mass is 35.5. The molecule has 1 aliphatic rings. The maximum Gasteiger partial charge on any atom is 0.255 e. The topological polar surface area (TPSA) is 47.6 Å². The van der Waals surface area contributed by atoms with Crippen LogP contribution in [0.25, 0.3) is 0 Å². The Bertz CT molecular complexity index is 767. The zero-order valence-corrected chi connectivity index (χ0v) is 15.9. The van der Waals surface area contributed by atoms with Crippen molar-refractivity contribution >= 4 is 17.5 Å². The third-order valence-corrected chi connectivity index (χ3v) is 5.49. The van der Waals surface area contributed by atoms with E-state index in [4.69, 9.17) is 21.1 Å². The molecule has 0 heterocycles. The van der Waals surface area contributed by atoms with Gasteiger partial charge in [0.05, 0.1) is 19.8 Å². The largest absolute Gasteiger partial charge is 0.497 e. The minimum atomic E-state index is -0.163. The van der Waals surface area contributed by atoms with Crippen molar-refractivity contribution in [3.8, 4) is 11.5 Å². The van der Waals surface area contributed by atoms with Crippen LogP contribution in [0.4, 0.5) is 0 Å². The SMILES string of the molecule is COc1ccc(C2(CNC(=O)c3cc(Cl)ccc3OC)CCCC2)cc1. The van der Waals surface area contributed by atoms with Crippen molar-refractivity contribution < 1.29 is 14.3 Å². The maximum atomic E-state index is 12.7. The van der Waals surface area contributed by atoms with Crippen LogP contribution in [0.3, 0.4) is 0 Å². The fourth-order valence-corrected chi connectivity index (χ4v) is 3.94. The van der Waals surface area contributed by atoms with Crippen molar-refractivity contribution in [1.29, 1.82) is 0 Å². The molecule has 2 aromatic carbocycles. The minimum Gasteiger partial charge on any atom is -0.497 e. The first-order valence-electron chi connectivity index (χ1n) is 8.84. The van der Waals surface area contributed by atoms with Crippen molar-refractivity contribution in [1.82, 2.24) is 5.32 Å². The molecule has 0 spiro atoms. The summed E-state index contributed by atoms with van der Waals surface area (Å²) in [5, 5.41) is 3.62. The fraction of sp³-hybridized carbons (Fsp3) is 0.381. The predicted octanol–water partition coefficient (Wildman–Crippen LogP) is 4.60. The lowest BCUT2D eigenvalue weighted by molar-refractivity contribution is 0.0940. The van der Waals surface area contributed by atoms with Crippen molar-refractivity contribution in [2.45, 2.75) is 31.1 Å². The van der Waals surface area contributed by atoms with Crippen LogP contribution in [0.2, 0.25) is 5.02 Å². The molecule has 5 heteroatoms. The zero-order valence-electron chi connectivity index (χ0n) is 15.2. The van der Waals surface area contributed by atoms with Crippen molar-refractivity contribution in [2.24, 2.45) is 0 Å². The van der Waals surface area contributed by atoms with E-state index < -0.39 is 0 Å². The Morgan fingerprint density at radius 3 is 2.38 bits per heavy atom. The van der Waals surface area contributed by atoms with E-state index in [1.165, 1.54) is 18.4 Å². The average Bonchev–Trinajstić information content (AvgIpc) is 3.16. The summed E-state index contributed by atoms with van der Waals surface area (Å²) in [6.45, 7) is 0.591. The number of rotatable bonds is 6. The summed E-state index contributed by atoms with van der Waals surface area (Å²) >= 11 is 6.05. The average molecular weight is 374 g/mol. The molecule has 0 aliphatic heterocycles. The number of ether oxygens (including phenoxy) is 2. The Hall–Kier alpha value is -2.20. The third kappa shape index (κ3) is 3.80. The molecule has 0 aromatic heterocycles. The quantitative estimate of drug-likeness (QED) is 0.805. The third-order valence-electron chi connectivity index (χ3n) is 5.26. The molecule has 26 heavy (non-hydrogen) atoms. The van der Waals surface area contributed by atoms with Gasteiger partial charge in [-0.15, -0.1) is 0 Å². The highest BCUT2D eigenvalue weighted by Gasteiger charge is 2.36. The second-order valence-electron chi connectivity index (χ2n) is 6.74. The molecule has 138 valence electrons. The molecule has 0 saturated heterocycles. The van der Waals surface area contributed by atoms with Gasteiger partial charge in [-0.1, -0.05) is 36.6 Å². The molecule has 1 saturated carbocycles. The number of benzene rings is 2. The van der Waals surface area contributed by atoms with Gasteiger partial charge in [-0.25, -0.2) is 0 Å². The summed E-state index contributed by atoms with van der Waals surface area (Å²) in [7, 11) is 3.22. The van der Waals surface area contributed by atoms with E-state index in [9.17, 15) is 4.79 Å². The number of hydrogen-bond acceptors (Lipinski definition) is 3. The van der Waals surface area contributed by atoms with Gasteiger partial charge >= 0.3 is 0 Å². The van der Waals surface area contributed by atoms with E-state index in [2.05, 4.69) is 17.4 Å². The molecule has 0 bridgehead atoms. The van der Waals surface area contributed by atoms with Crippen LogP contribution >= 0.6 is 11.6 Å². The smallest absolute Gasteiger partial charge is 0.255 e. The van der Waals surface area contributed by atoms with Crippen LogP contribution < -0.4 is 14.8 Å².